The Morgan fingerprint density at radius 2 is 2.03 bits per heavy atom. The van der Waals surface area contributed by atoms with Gasteiger partial charge in [0, 0.05) is 30.4 Å². The van der Waals surface area contributed by atoms with E-state index in [2.05, 4.69) is 15.1 Å². The van der Waals surface area contributed by atoms with Gasteiger partial charge in [-0.15, -0.1) is 5.10 Å². The molecule has 1 unspecified atom stereocenters. The van der Waals surface area contributed by atoms with E-state index < -0.39 is 10.0 Å². The molecule has 2 atom stereocenters. The van der Waals surface area contributed by atoms with E-state index in [1.54, 1.807) is 18.3 Å². The number of benzene rings is 1. The van der Waals surface area contributed by atoms with E-state index in [1.165, 1.54) is 4.52 Å². The molecule has 12 heteroatoms. The van der Waals surface area contributed by atoms with E-state index >= 15 is 0 Å². The number of sulfonamides is 1. The van der Waals surface area contributed by atoms with Crippen molar-refractivity contribution in [1.82, 2.24) is 24.8 Å². The van der Waals surface area contributed by atoms with Gasteiger partial charge >= 0.3 is 0 Å². The van der Waals surface area contributed by atoms with Crippen LogP contribution < -0.4 is 15.8 Å². The lowest BCUT2D eigenvalue weighted by Gasteiger charge is -2.24. The van der Waals surface area contributed by atoms with Crippen LogP contribution >= 0.6 is 0 Å². The largest absolute Gasteiger partial charge is 0.381 e. The molecule has 4 N–H and O–H groups in total. The van der Waals surface area contributed by atoms with Crippen molar-refractivity contribution in [2.45, 2.75) is 57.7 Å². The van der Waals surface area contributed by atoms with Crippen molar-refractivity contribution < 1.29 is 18.0 Å². The molecule has 0 bridgehead atoms. The minimum atomic E-state index is -3.65. The number of hydrogen-bond donors (Lipinski definition) is 3. The van der Waals surface area contributed by atoms with Crippen molar-refractivity contribution in [2.24, 2.45) is 11.3 Å². The molecule has 3 saturated carbocycles. The summed E-state index contributed by atoms with van der Waals surface area (Å²) < 4.78 is 28.4. The molecule has 3 aromatic rings. The minimum Gasteiger partial charge on any atom is -0.381 e. The zero-order valence-electron chi connectivity index (χ0n) is 21.2. The third-order valence-electron chi connectivity index (χ3n) is 8.55. The fraction of sp³-hybridized carbons (Fsp3) is 0.462. The SMILES string of the molecule is C[C@@H](C1CC1)N1Cc2cc(-c3ccn4nc(N)c(C(=O)NC5CC56CC6)c4n3)cc(NS(C)(=O)=O)c2C1=O. The van der Waals surface area contributed by atoms with Gasteiger partial charge in [-0.05, 0) is 74.1 Å². The molecule has 0 radical (unpaired) electrons. The lowest BCUT2D eigenvalue weighted by atomic mass is 10.0. The van der Waals surface area contributed by atoms with Crippen LogP contribution in [0.3, 0.4) is 0 Å². The molecule has 1 aromatic carbocycles. The first-order valence-electron chi connectivity index (χ1n) is 12.9. The molecule has 4 aliphatic rings. The predicted molar refractivity (Wildman–Crippen MR) is 141 cm³/mol. The van der Waals surface area contributed by atoms with Crippen LogP contribution in [0.25, 0.3) is 16.9 Å². The maximum absolute atomic E-state index is 13.4. The Bertz CT molecular complexity index is 1660. The van der Waals surface area contributed by atoms with E-state index in [0.29, 0.717) is 40.3 Å². The van der Waals surface area contributed by atoms with Crippen LogP contribution in [-0.4, -0.2) is 58.1 Å². The van der Waals surface area contributed by atoms with Crippen molar-refractivity contribution >= 4 is 39.0 Å². The Hall–Kier alpha value is -3.67. The zero-order valence-corrected chi connectivity index (χ0v) is 22.0. The second kappa shape index (κ2) is 7.68. The monoisotopic (exact) mass is 535 g/mol. The standard InChI is InChI=1S/C26H29N7O4S/c1-13(14-3-4-14)32-12-16-9-15(10-18(20(16)25(32)35)31-38(2,36)37)17-5-8-33-23(28-17)21(22(27)30-33)24(34)29-19-11-26(19)6-7-26/h5,8-10,13-14,19,31H,3-4,6-7,11-12H2,1-2H3,(H2,27,30)(H,29,34)/t13-,19?/m0/s1. The molecule has 11 nitrogen and oxygen atoms in total. The first-order valence-corrected chi connectivity index (χ1v) is 14.8. The Balaban J connectivity index is 1.28. The van der Waals surface area contributed by atoms with Gasteiger partial charge in [0.05, 0.1) is 23.2 Å². The van der Waals surface area contributed by atoms with Gasteiger partial charge in [0.1, 0.15) is 5.56 Å². The van der Waals surface area contributed by atoms with E-state index in [4.69, 9.17) is 10.7 Å². The van der Waals surface area contributed by atoms with Crippen LogP contribution in [0.5, 0.6) is 0 Å². The summed E-state index contributed by atoms with van der Waals surface area (Å²) >= 11 is 0. The van der Waals surface area contributed by atoms with Gasteiger partial charge in [0.15, 0.2) is 11.5 Å². The Morgan fingerprint density at radius 1 is 1.26 bits per heavy atom. The quantitative estimate of drug-likeness (QED) is 0.420. The third kappa shape index (κ3) is 3.80. The summed E-state index contributed by atoms with van der Waals surface area (Å²) in [6.45, 7) is 2.45. The topological polar surface area (TPSA) is 152 Å². The Kier molecular flexibility index (Phi) is 4.74. The summed E-state index contributed by atoms with van der Waals surface area (Å²) in [7, 11) is -3.65. The van der Waals surface area contributed by atoms with Crippen LogP contribution in [0.15, 0.2) is 24.4 Å². The molecule has 198 valence electrons. The number of amides is 2. The highest BCUT2D eigenvalue weighted by atomic mass is 32.2. The van der Waals surface area contributed by atoms with Crippen LogP contribution in [0.4, 0.5) is 11.5 Å². The number of fused-ring (bicyclic) bond motifs is 2. The molecule has 3 heterocycles. The maximum Gasteiger partial charge on any atom is 0.259 e. The van der Waals surface area contributed by atoms with Crippen molar-refractivity contribution in [1.29, 1.82) is 0 Å². The van der Waals surface area contributed by atoms with E-state index in [0.717, 1.165) is 43.9 Å². The number of rotatable bonds is 7. The van der Waals surface area contributed by atoms with Crippen LogP contribution in [0, 0.1) is 11.3 Å². The highest BCUT2D eigenvalue weighted by Gasteiger charge is 2.63. The van der Waals surface area contributed by atoms with Crippen molar-refractivity contribution in [2.75, 3.05) is 16.7 Å². The Morgan fingerprint density at radius 3 is 2.68 bits per heavy atom. The molecular formula is C26H29N7O4S. The van der Waals surface area contributed by atoms with Gasteiger partial charge in [-0.2, -0.15) is 0 Å². The summed E-state index contributed by atoms with van der Waals surface area (Å²) in [5, 5.41) is 7.33. The molecule has 0 saturated heterocycles. The summed E-state index contributed by atoms with van der Waals surface area (Å²) in [5.74, 6) is 0.114. The average molecular weight is 536 g/mol. The molecule has 3 fully saturated rings. The van der Waals surface area contributed by atoms with Crippen LogP contribution in [-0.2, 0) is 16.6 Å². The highest BCUT2D eigenvalue weighted by molar-refractivity contribution is 7.92. The second-order valence-corrected chi connectivity index (χ2v) is 13.1. The molecule has 1 spiro atoms. The van der Waals surface area contributed by atoms with Crippen molar-refractivity contribution in [3.63, 3.8) is 0 Å². The fourth-order valence-electron chi connectivity index (χ4n) is 5.89. The number of carbonyl (C=O) groups is 2. The van der Waals surface area contributed by atoms with Gasteiger partial charge < -0.3 is 16.0 Å². The van der Waals surface area contributed by atoms with Crippen LogP contribution in [0.2, 0.25) is 0 Å². The van der Waals surface area contributed by atoms with Gasteiger partial charge in [-0.25, -0.2) is 17.9 Å². The first kappa shape index (κ1) is 23.4. The number of nitrogens with two attached hydrogens (primary N) is 1. The number of nitrogens with one attached hydrogen (secondary N) is 2. The summed E-state index contributed by atoms with van der Waals surface area (Å²) in [4.78, 5) is 33.0. The van der Waals surface area contributed by atoms with E-state index in [1.807, 2.05) is 17.9 Å². The number of nitrogens with zero attached hydrogens (tertiary/aromatic N) is 4. The minimum absolute atomic E-state index is 0.0796. The van der Waals surface area contributed by atoms with Crippen molar-refractivity contribution in [3.8, 4) is 11.3 Å². The van der Waals surface area contributed by atoms with Crippen molar-refractivity contribution in [3.05, 3.63) is 41.1 Å². The highest BCUT2D eigenvalue weighted by Crippen LogP contribution is 2.65. The lowest BCUT2D eigenvalue weighted by molar-refractivity contribution is 0.0698. The van der Waals surface area contributed by atoms with E-state index in [9.17, 15) is 18.0 Å². The summed E-state index contributed by atoms with van der Waals surface area (Å²) in [6.07, 6.45) is 8.21. The number of carbonyl (C=O) groups excluding carboxylic acids is 2. The van der Waals surface area contributed by atoms with Gasteiger partial charge in [-0.1, -0.05) is 0 Å². The van der Waals surface area contributed by atoms with Crippen LogP contribution in [0.1, 0.15) is 65.3 Å². The fourth-order valence-corrected chi connectivity index (χ4v) is 6.45. The molecule has 7 rings (SSSR count). The third-order valence-corrected chi connectivity index (χ3v) is 9.14. The van der Waals surface area contributed by atoms with E-state index in [-0.39, 0.29) is 41.0 Å². The second-order valence-electron chi connectivity index (χ2n) is 11.4. The molecule has 3 aliphatic carbocycles. The molecule has 1 aliphatic heterocycles. The molecule has 38 heavy (non-hydrogen) atoms. The Labute approximate surface area is 219 Å². The normalized spacial score (nSPS) is 22.0. The van der Waals surface area contributed by atoms with Gasteiger partial charge in [-0.3, -0.25) is 14.3 Å². The summed E-state index contributed by atoms with van der Waals surface area (Å²) in [6, 6.07) is 5.49. The number of hydrogen-bond acceptors (Lipinski definition) is 7. The number of aromatic nitrogens is 3. The first-order chi connectivity index (χ1) is 18.0. The zero-order chi connectivity index (χ0) is 26.6. The molecular weight excluding hydrogens is 506 g/mol. The maximum atomic E-state index is 13.4. The summed E-state index contributed by atoms with van der Waals surface area (Å²) in [5.41, 5.74) is 9.44. The number of nitrogen functional groups attached to an aromatic ring is 1. The lowest BCUT2D eigenvalue weighted by Crippen LogP contribution is -2.34. The van der Waals surface area contributed by atoms with Gasteiger partial charge in [0.25, 0.3) is 11.8 Å². The number of anilines is 2. The molecule has 2 aromatic heterocycles. The predicted octanol–water partition coefficient (Wildman–Crippen LogP) is 2.39. The van der Waals surface area contributed by atoms with Gasteiger partial charge in [0.2, 0.25) is 10.0 Å². The smallest absolute Gasteiger partial charge is 0.259 e. The average Bonchev–Trinajstić information content (AvgIpc) is 3.78. The molecule has 2 amide bonds.